The highest BCUT2D eigenvalue weighted by Crippen LogP contribution is 2.24. The monoisotopic (exact) mass is 376 g/mol. The van der Waals surface area contributed by atoms with Crippen molar-refractivity contribution in [2.24, 2.45) is 5.73 Å². The molecule has 0 radical (unpaired) electrons. The fraction of sp³-hybridized carbons (Fsp3) is 0.308. The molecule has 0 aliphatic heterocycles. The summed E-state index contributed by atoms with van der Waals surface area (Å²) in [5, 5.41) is 4.27. The second-order valence-corrected chi connectivity index (χ2v) is 7.38. The van der Waals surface area contributed by atoms with Crippen LogP contribution >= 0.6 is 11.6 Å². The zero-order valence-electron chi connectivity index (χ0n) is 13.0. The van der Waals surface area contributed by atoms with Crippen molar-refractivity contribution in [3.05, 3.63) is 28.8 Å². The molecule has 0 heterocycles. The third kappa shape index (κ3) is 5.18. The Kier molecular flexibility index (Phi) is 6.70. The van der Waals surface area contributed by atoms with E-state index in [-0.39, 0.29) is 28.4 Å². The molecule has 0 atom stereocenters. The molecule has 0 bridgehead atoms. The van der Waals surface area contributed by atoms with Gasteiger partial charge in [-0.05, 0) is 18.2 Å². The summed E-state index contributed by atoms with van der Waals surface area (Å²) in [4.78, 5) is 33.5. The first-order chi connectivity index (χ1) is 11.1. The van der Waals surface area contributed by atoms with E-state index in [0.717, 1.165) is 10.4 Å². The number of nitrogens with zero attached hydrogens (tertiary/aromatic N) is 1. The number of nitrogens with two attached hydrogens (primary N) is 1. The maximum atomic E-state index is 12.1. The molecule has 0 aliphatic rings. The molecule has 0 saturated carbocycles. The number of urea groups is 1. The molecule has 0 saturated heterocycles. The van der Waals surface area contributed by atoms with Gasteiger partial charge in [-0.15, -0.1) is 0 Å². The Morgan fingerprint density at radius 3 is 2.42 bits per heavy atom. The van der Waals surface area contributed by atoms with Gasteiger partial charge in [0.2, 0.25) is 15.9 Å². The molecule has 24 heavy (non-hydrogen) atoms. The van der Waals surface area contributed by atoms with Crippen molar-refractivity contribution in [2.75, 3.05) is 20.6 Å². The van der Waals surface area contributed by atoms with Crippen LogP contribution in [0.3, 0.4) is 0 Å². The van der Waals surface area contributed by atoms with Gasteiger partial charge in [0.1, 0.15) is 4.90 Å². The van der Waals surface area contributed by atoms with Crippen LogP contribution in [0.1, 0.15) is 16.8 Å². The standard InChI is InChI=1S/C13H17ClN4O5S/c1-18(2)24(22,23)10-7-8(3-4-9(10)14)12(20)16-6-5-11(19)17-13(15)21/h3-4,7H,5-6H2,1-2H3,(H,16,20)(H3,15,17,19,21). The predicted octanol–water partition coefficient (Wildman–Crippen LogP) is -0.0949. The number of rotatable bonds is 6. The number of sulfonamides is 1. The Bertz CT molecular complexity index is 764. The van der Waals surface area contributed by atoms with Crippen LogP contribution in [0.2, 0.25) is 5.02 Å². The van der Waals surface area contributed by atoms with Gasteiger partial charge in [0, 0.05) is 32.6 Å². The molecule has 0 fully saturated rings. The molecule has 1 rings (SSSR count). The lowest BCUT2D eigenvalue weighted by atomic mass is 10.2. The summed E-state index contributed by atoms with van der Waals surface area (Å²) in [6.45, 7) is -0.0592. The second-order valence-electron chi connectivity index (χ2n) is 4.85. The highest BCUT2D eigenvalue weighted by molar-refractivity contribution is 7.89. The Labute approximate surface area is 144 Å². The minimum absolute atomic E-state index is 0.0129. The first kappa shape index (κ1) is 19.9. The average molecular weight is 377 g/mol. The summed E-state index contributed by atoms with van der Waals surface area (Å²) in [6.07, 6.45) is -0.162. The molecule has 0 aliphatic carbocycles. The van der Waals surface area contributed by atoms with Crippen molar-refractivity contribution in [3.8, 4) is 0 Å². The molecule has 9 nitrogen and oxygen atoms in total. The highest BCUT2D eigenvalue weighted by atomic mass is 35.5. The van der Waals surface area contributed by atoms with Crippen molar-refractivity contribution < 1.29 is 22.8 Å². The lowest BCUT2D eigenvalue weighted by molar-refractivity contribution is -0.119. The number of nitrogens with one attached hydrogen (secondary N) is 2. The summed E-state index contributed by atoms with van der Waals surface area (Å²) >= 11 is 5.89. The van der Waals surface area contributed by atoms with Gasteiger partial charge in [-0.2, -0.15) is 0 Å². The second kappa shape index (κ2) is 8.08. The molecule has 0 unspecified atom stereocenters. The summed E-state index contributed by atoms with van der Waals surface area (Å²) in [6, 6.07) is 2.82. The molecule has 1 aromatic carbocycles. The van der Waals surface area contributed by atoms with Crippen LogP contribution in [0.15, 0.2) is 23.1 Å². The number of hydrogen-bond acceptors (Lipinski definition) is 5. The van der Waals surface area contributed by atoms with E-state index in [9.17, 15) is 22.8 Å². The predicted molar refractivity (Wildman–Crippen MR) is 87.0 cm³/mol. The van der Waals surface area contributed by atoms with Gasteiger partial charge in [-0.25, -0.2) is 17.5 Å². The van der Waals surface area contributed by atoms with Crippen molar-refractivity contribution in [2.45, 2.75) is 11.3 Å². The molecule has 1 aromatic rings. The van der Waals surface area contributed by atoms with E-state index in [1.165, 1.54) is 26.2 Å². The fourth-order valence-electron chi connectivity index (χ4n) is 1.63. The van der Waals surface area contributed by atoms with Crippen LogP contribution in [-0.4, -0.2) is 51.2 Å². The van der Waals surface area contributed by atoms with Gasteiger partial charge in [-0.1, -0.05) is 11.6 Å². The molecule has 4 amide bonds. The van der Waals surface area contributed by atoms with Gasteiger partial charge < -0.3 is 11.1 Å². The van der Waals surface area contributed by atoms with Crippen molar-refractivity contribution in [1.29, 1.82) is 0 Å². The SMILES string of the molecule is CN(C)S(=O)(=O)c1cc(C(=O)NCCC(=O)NC(N)=O)ccc1Cl. The molecular weight excluding hydrogens is 360 g/mol. The normalized spacial score (nSPS) is 11.2. The topological polar surface area (TPSA) is 139 Å². The average Bonchev–Trinajstić information content (AvgIpc) is 2.46. The van der Waals surface area contributed by atoms with E-state index >= 15 is 0 Å². The number of benzene rings is 1. The number of carbonyl (C=O) groups is 3. The first-order valence-electron chi connectivity index (χ1n) is 6.65. The number of carbonyl (C=O) groups excluding carboxylic acids is 3. The van der Waals surface area contributed by atoms with Crippen LogP contribution in [-0.2, 0) is 14.8 Å². The van der Waals surface area contributed by atoms with Gasteiger partial charge >= 0.3 is 6.03 Å². The molecule has 0 spiro atoms. The maximum Gasteiger partial charge on any atom is 0.318 e. The van der Waals surface area contributed by atoms with E-state index in [1.807, 2.05) is 5.32 Å². The number of primary amides is 1. The number of hydrogen-bond donors (Lipinski definition) is 3. The number of imide groups is 1. The van der Waals surface area contributed by atoms with Crippen LogP contribution in [0.5, 0.6) is 0 Å². The Morgan fingerprint density at radius 2 is 1.88 bits per heavy atom. The Balaban J connectivity index is 2.83. The molecule has 132 valence electrons. The smallest absolute Gasteiger partial charge is 0.318 e. The van der Waals surface area contributed by atoms with E-state index in [1.54, 1.807) is 0 Å². The van der Waals surface area contributed by atoms with Crippen LogP contribution < -0.4 is 16.4 Å². The van der Waals surface area contributed by atoms with Gasteiger partial charge in [-0.3, -0.25) is 14.9 Å². The van der Waals surface area contributed by atoms with Gasteiger partial charge in [0.05, 0.1) is 5.02 Å². The fourth-order valence-corrected chi connectivity index (χ4v) is 3.02. The Hall–Kier alpha value is -2.17. The van der Waals surface area contributed by atoms with Crippen molar-refractivity contribution in [3.63, 3.8) is 0 Å². The largest absolute Gasteiger partial charge is 0.352 e. The zero-order chi connectivity index (χ0) is 18.5. The highest BCUT2D eigenvalue weighted by Gasteiger charge is 2.22. The van der Waals surface area contributed by atoms with Gasteiger partial charge in [0.25, 0.3) is 5.91 Å². The zero-order valence-corrected chi connectivity index (χ0v) is 14.6. The molecule has 0 aromatic heterocycles. The lowest BCUT2D eigenvalue weighted by Gasteiger charge is -2.13. The van der Waals surface area contributed by atoms with E-state index in [0.29, 0.717) is 0 Å². The third-order valence-electron chi connectivity index (χ3n) is 2.85. The molecular formula is C13H17ClN4O5S. The van der Waals surface area contributed by atoms with Gasteiger partial charge in [0.15, 0.2) is 0 Å². The number of amides is 4. The summed E-state index contributed by atoms with van der Waals surface area (Å²) < 4.78 is 25.3. The minimum Gasteiger partial charge on any atom is -0.352 e. The quantitative estimate of drug-likeness (QED) is 0.636. The summed E-state index contributed by atoms with van der Waals surface area (Å²) in [7, 11) is -1.12. The van der Waals surface area contributed by atoms with Crippen LogP contribution in [0, 0.1) is 0 Å². The molecule has 11 heteroatoms. The van der Waals surface area contributed by atoms with Crippen molar-refractivity contribution in [1.82, 2.24) is 14.9 Å². The number of halogens is 1. The Morgan fingerprint density at radius 1 is 1.25 bits per heavy atom. The molecule has 4 N–H and O–H groups in total. The van der Waals surface area contributed by atoms with Crippen LogP contribution in [0.4, 0.5) is 4.79 Å². The summed E-state index contributed by atoms with van der Waals surface area (Å²) in [5.74, 6) is -1.23. The summed E-state index contributed by atoms with van der Waals surface area (Å²) in [5.41, 5.74) is 4.85. The minimum atomic E-state index is -3.81. The van der Waals surface area contributed by atoms with E-state index in [4.69, 9.17) is 17.3 Å². The van der Waals surface area contributed by atoms with Crippen LogP contribution in [0.25, 0.3) is 0 Å². The van der Waals surface area contributed by atoms with Crippen molar-refractivity contribution >= 4 is 39.5 Å². The lowest BCUT2D eigenvalue weighted by Crippen LogP contribution is -2.37. The maximum absolute atomic E-state index is 12.1. The first-order valence-corrected chi connectivity index (χ1v) is 8.47. The van der Waals surface area contributed by atoms with E-state index in [2.05, 4.69) is 5.32 Å². The third-order valence-corrected chi connectivity index (χ3v) is 5.15. The van der Waals surface area contributed by atoms with E-state index < -0.39 is 27.9 Å².